The molecule has 1 aromatic heterocycles. The van der Waals surface area contributed by atoms with Crippen LogP contribution in [-0.2, 0) is 17.9 Å². The standard InChI is InChI=1S/C9H14N2O.C2H6/c1-7(2)9-5-8-6-12-4-3-11(8)10-9;1-2/h5,7H,3-4,6H2,1-2H3;1-2H3. The van der Waals surface area contributed by atoms with Crippen molar-refractivity contribution < 1.29 is 4.74 Å². The van der Waals surface area contributed by atoms with Crippen LogP contribution in [0.25, 0.3) is 0 Å². The van der Waals surface area contributed by atoms with Crippen molar-refractivity contribution in [1.29, 1.82) is 0 Å². The van der Waals surface area contributed by atoms with E-state index in [1.807, 2.05) is 13.8 Å². The summed E-state index contributed by atoms with van der Waals surface area (Å²) in [7, 11) is 0. The molecule has 0 unspecified atom stereocenters. The summed E-state index contributed by atoms with van der Waals surface area (Å²) in [5.74, 6) is 0.517. The summed E-state index contributed by atoms with van der Waals surface area (Å²) in [5, 5.41) is 4.49. The minimum atomic E-state index is 0.517. The van der Waals surface area contributed by atoms with E-state index in [4.69, 9.17) is 4.74 Å². The van der Waals surface area contributed by atoms with Gasteiger partial charge in [0.1, 0.15) is 0 Å². The van der Waals surface area contributed by atoms with Gasteiger partial charge in [-0.2, -0.15) is 5.10 Å². The van der Waals surface area contributed by atoms with Gasteiger partial charge >= 0.3 is 0 Å². The number of ether oxygens (including phenoxy) is 1. The Hall–Kier alpha value is -0.830. The normalized spacial score (nSPS) is 14.6. The van der Waals surface area contributed by atoms with E-state index in [-0.39, 0.29) is 0 Å². The van der Waals surface area contributed by atoms with Crippen molar-refractivity contribution in [2.75, 3.05) is 6.61 Å². The zero-order chi connectivity index (χ0) is 10.6. The number of fused-ring (bicyclic) bond motifs is 1. The summed E-state index contributed by atoms with van der Waals surface area (Å²) in [6, 6.07) is 2.14. The SMILES string of the molecule is CC.CC(C)c1cc2n(n1)CCOC2. The Bertz CT molecular complexity index is 255. The number of hydrogen-bond acceptors (Lipinski definition) is 2. The van der Waals surface area contributed by atoms with Crippen LogP contribution in [0, 0.1) is 0 Å². The Balaban J connectivity index is 0.000000461. The second-order valence-electron chi connectivity index (χ2n) is 3.49. The fraction of sp³-hybridized carbons (Fsp3) is 0.727. The van der Waals surface area contributed by atoms with Crippen LogP contribution in [0.5, 0.6) is 0 Å². The first-order chi connectivity index (χ1) is 6.77. The maximum atomic E-state index is 5.33. The molecule has 1 aliphatic heterocycles. The zero-order valence-electron chi connectivity index (χ0n) is 9.58. The minimum absolute atomic E-state index is 0.517. The van der Waals surface area contributed by atoms with Gasteiger partial charge in [0.2, 0.25) is 0 Å². The predicted molar refractivity (Wildman–Crippen MR) is 57.3 cm³/mol. The molecule has 3 nitrogen and oxygen atoms in total. The van der Waals surface area contributed by atoms with Crippen molar-refractivity contribution in [3.8, 4) is 0 Å². The maximum Gasteiger partial charge on any atom is 0.0885 e. The summed E-state index contributed by atoms with van der Waals surface area (Å²) in [6.45, 7) is 10.7. The van der Waals surface area contributed by atoms with Crippen LogP contribution < -0.4 is 0 Å². The fourth-order valence-corrected chi connectivity index (χ4v) is 1.40. The Morgan fingerprint density at radius 2 is 2.14 bits per heavy atom. The van der Waals surface area contributed by atoms with Gasteiger partial charge in [0, 0.05) is 0 Å². The largest absolute Gasteiger partial charge is 0.373 e. The molecule has 1 aliphatic rings. The lowest BCUT2D eigenvalue weighted by molar-refractivity contribution is 0.0800. The highest BCUT2D eigenvalue weighted by Crippen LogP contribution is 2.16. The molecule has 2 rings (SSSR count). The first-order valence-corrected chi connectivity index (χ1v) is 5.42. The first kappa shape index (κ1) is 11.2. The number of hydrogen-bond donors (Lipinski definition) is 0. The van der Waals surface area contributed by atoms with E-state index in [0.29, 0.717) is 5.92 Å². The van der Waals surface area contributed by atoms with Crippen LogP contribution in [0.3, 0.4) is 0 Å². The highest BCUT2D eigenvalue weighted by molar-refractivity contribution is 5.13. The molecule has 0 fully saturated rings. The summed E-state index contributed by atoms with van der Waals surface area (Å²) < 4.78 is 7.38. The highest BCUT2D eigenvalue weighted by atomic mass is 16.5. The second-order valence-corrected chi connectivity index (χ2v) is 3.49. The smallest absolute Gasteiger partial charge is 0.0885 e. The van der Waals surface area contributed by atoms with Gasteiger partial charge in [0.05, 0.1) is 31.1 Å². The van der Waals surface area contributed by atoms with Crippen molar-refractivity contribution in [2.45, 2.75) is 46.8 Å². The van der Waals surface area contributed by atoms with E-state index in [2.05, 4.69) is 29.7 Å². The average molecular weight is 196 g/mol. The third-order valence-corrected chi connectivity index (χ3v) is 2.17. The lowest BCUT2D eigenvalue weighted by Crippen LogP contribution is -2.16. The fourth-order valence-electron chi connectivity index (χ4n) is 1.40. The minimum Gasteiger partial charge on any atom is -0.373 e. The monoisotopic (exact) mass is 196 g/mol. The Morgan fingerprint density at radius 1 is 1.43 bits per heavy atom. The van der Waals surface area contributed by atoms with Crippen LogP contribution in [0.1, 0.15) is 45.0 Å². The molecule has 0 amide bonds. The van der Waals surface area contributed by atoms with Crippen LogP contribution in [0.15, 0.2) is 6.07 Å². The van der Waals surface area contributed by atoms with Gasteiger partial charge in [-0.25, -0.2) is 0 Å². The number of nitrogens with zero attached hydrogens (tertiary/aromatic N) is 2. The van der Waals surface area contributed by atoms with Gasteiger partial charge in [0.15, 0.2) is 0 Å². The lowest BCUT2D eigenvalue weighted by Gasteiger charge is -2.13. The van der Waals surface area contributed by atoms with Crippen molar-refractivity contribution in [3.63, 3.8) is 0 Å². The maximum absolute atomic E-state index is 5.33. The van der Waals surface area contributed by atoms with Crippen LogP contribution in [0.4, 0.5) is 0 Å². The number of aromatic nitrogens is 2. The molecule has 0 atom stereocenters. The van der Waals surface area contributed by atoms with Gasteiger partial charge in [0.25, 0.3) is 0 Å². The summed E-state index contributed by atoms with van der Waals surface area (Å²) in [5.41, 5.74) is 2.39. The molecule has 0 aromatic carbocycles. The molecule has 80 valence electrons. The Kier molecular flexibility index (Phi) is 4.14. The Morgan fingerprint density at radius 3 is 2.71 bits per heavy atom. The third kappa shape index (κ3) is 2.35. The molecule has 0 bridgehead atoms. The van der Waals surface area contributed by atoms with Crippen LogP contribution in [-0.4, -0.2) is 16.4 Å². The molecule has 0 saturated heterocycles. The van der Waals surface area contributed by atoms with Crippen LogP contribution in [0.2, 0.25) is 0 Å². The quantitative estimate of drug-likeness (QED) is 0.690. The molecular formula is C11H20N2O. The lowest BCUT2D eigenvalue weighted by atomic mass is 10.1. The highest BCUT2D eigenvalue weighted by Gasteiger charge is 2.13. The summed E-state index contributed by atoms with van der Waals surface area (Å²) in [4.78, 5) is 0. The molecule has 0 spiro atoms. The van der Waals surface area contributed by atoms with Crippen molar-refractivity contribution in [2.24, 2.45) is 0 Å². The molecule has 0 N–H and O–H groups in total. The predicted octanol–water partition coefficient (Wildman–Crippen LogP) is 2.56. The summed E-state index contributed by atoms with van der Waals surface area (Å²) in [6.07, 6.45) is 0. The first-order valence-electron chi connectivity index (χ1n) is 5.42. The van der Waals surface area contributed by atoms with Gasteiger partial charge < -0.3 is 4.74 Å². The molecule has 1 aromatic rings. The van der Waals surface area contributed by atoms with E-state index in [9.17, 15) is 0 Å². The van der Waals surface area contributed by atoms with E-state index < -0.39 is 0 Å². The van der Waals surface area contributed by atoms with E-state index in [0.717, 1.165) is 19.8 Å². The Labute approximate surface area is 86.1 Å². The zero-order valence-corrected chi connectivity index (χ0v) is 9.58. The summed E-state index contributed by atoms with van der Waals surface area (Å²) >= 11 is 0. The second kappa shape index (κ2) is 5.15. The van der Waals surface area contributed by atoms with E-state index >= 15 is 0 Å². The van der Waals surface area contributed by atoms with Crippen molar-refractivity contribution >= 4 is 0 Å². The molecule has 0 aliphatic carbocycles. The van der Waals surface area contributed by atoms with Gasteiger partial charge in [-0.3, -0.25) is 4.68 Å². The topological polar surface area (TPSA) is 27.1 Å². The van der Waals surface area contributed by atoms with Crippen LogP contribution >= 0.6 is 0 Å². The third-order valence-electron chi connectivity index (χ3n) is 2.17. The van der Waals surface area contributed by atoms with Crippen molar-refractivity contribution in [1.82, 2.24) is 9.78 Å². The average Bonchev–Trinajstić information content (AvgIpc) is 2.64. The molecule has 2 heterocycles. The van der Waals surface area contributed by atoms with Gasteiger partial charge in [-0.05, 0) is 12.0 Å². The van der Waals surface area contributed by atoms with E-state index in [1.54, 1.807) is 0 Å². The van der Waals surface area contributed by atoms with Gasteiger partial charge in [-0.15, -0.1) is 0 Å². The molecule has 0 saturated carbocycles. The molecule has 3 heteroatoms. The van der Waals surface area contributed by atoms with Crippen molar-refractivity contribution in [3.05, 3.63) is 17.5 Å². The molecule has 0 radical (unpaired) electrons. The number of rotatable bonds is 1. The molecule has 14 heavy (non-hydrogen) atoms. The van der Waals surface area contributed by atoms with E-state index in [1.165, 1.54) is 11.4 Å². The van der Waals surface area contributed by atoms with Gasteiger partial charge in [-0.1, -0.05) is 27.7 Å². The molecular weight excluding hydrogens is 176 g/mol.